The van der Waals surface area contributed by atoms with E-state index in [2.05, 4.69) is 42.6 Å². The van der Waals surface area contributed by atoms with Gasteiger partial charge in [0.2, 0.25) is 0 Å². The third-order valence-electron chi connectivity index (χ3n) is 3.24. The summed E-state index contributed by atoms with van der Waals surface area (Å²) in [5.74, 6) is 0.884. The van der Waals surface area contributed by atoms with Crippen LogP contribution in [0.15, 0.2) is 24.4 Å². The van der Waals surface area contributed by atoms with Gasteiger partial charge in [0.25, 0.3) is 0 Å². The molecule has 0 aliphatic heterocycles. The average molecular weight is 259 g/mol. The molecule has 2 aromatic rings. The Morgan fingerprint density at radius 1 is 1.32 bits per heavy atom. The third-order valence-corrected chi connectivity index (χ3v) is 3.24. The van der Waals surface area contributed by atoms with Gasteiger partial charge in [-0.25, -0.2) is 0 Å². The number of aromatic nitrogens is 2. The molecule has 4 nitrogen and oxygen atoms in total. The third kappa shape index (κ3) is 2.79. The standard InChI is InChI=1S/C15H21N3O/c1-5-18-10-15(11(2)17-18)14-7-6-13(19-4)8-12(14)9-16-3/h6-8,10,16H,5,9H2,1-4H3. The summed E-state index contributed by atoms with van der Waals surface area (Å²) >= 11 is 0. The summed E-state index contributed by atoms with van der Waals surface area (Å²) in [6, 6.07) is 6.18. The van der Waals surface area contributed by atoms with Crippen molar-refractivity contribution in [1.82, 2.24) is 15.1 Å². The maximum absolute atomic E-state index is 5.30. The fourth-order valence-corrected chi connectivity index (χ4v) is 2.24. The van der Waals surface area contributed by atoms with Crippen LogP contribution in [0.25, 0.3) is 11.1 Å². The number of rotatable bonds is 5. The second-order valence-electron chi connectivity index (χ2n) is 4.54. The van der Waals surface area contributed by atoms with Crippen molar-refractivity contribution in [1.29, 1.82) is 0 Å². The van der Waals surface area contributed by atoms with Crippen LogP contribution in [0.1, 0.15) is 18.2 Å². The molecule has 0 unspecified atom stereocenters. The number of hydrogen-bond donors (Lipinski definition) is 1. The molecule has 0 saturated carbocycles. The summed E-state index contributed by atoms with van der Waals surface area (Å²) < 4.78 is 7.27. The summed E-state index contributed by atoms with van der Waals surface area (Å²) in [6.45, 7) is 5.84. The molecule has 0 radical (unpaired) electrons. The molecule has 4 heteroatoms. The van der Waals surface area contributed by atoms with Crippen LogP contribution < -0.4 is 10.1 Å². The zero-order valence-electron chi connectivity index (χ0n) is 12.0. The van der Waals surface area contributed by atoms with Crippen molar-refractivity contribution in [2.45, 2.75) is 26.9 Å². The maximum Gasteiger partial charge on any atom is 0.119 e. The molecule has 2 rings (SSSR count). The number of hydrogen-bond acceptors (Lipinski definition) is 3. The van der Waals surface area contributed by atoms with Crippen molar-refractivity contribution in [3.8, 4) is 16.9 Å². The normalized spacial score (nSPS) is 10.7. The molecule has 0 saturated heterocycles. The predicted molar refractivity (Wildman–Crippen MR) is 77.4 cm³/mol. The van der Waals surface area contributed by atoms with Crippen LogP contribution in [0.4, 0.5) is 0 Å². The van der Waals surface area contributed by atoms with E-state index in [1.807, 2.05) is 17.8 Å². The lowest BCUT2D eigenvalue weighted by Crippen LogP contribution is -2.06. The summed E-state index contributed by atoms with van der Waals surface area (Å²) in [4.78, 5) is 0. The van der Waals surface area contributed by atoms with Gasteiger partial charge < -0.3 is 10.1 Å². The minimum atomic E-state index is 0.809. The molecule has 1 aromatic heterocycles. The second kappa shape index (κ2) is 5.89. The minimum Gasteiger partial charge on any atom is -0.497 e. The first-order chi connectivity index (χ1) is 9.19. The lowest BCUT2D eigenvalue weighted by molar-refractivity contribution is 0.414. The van der Waals surface area contributed by atoms with Crippen LogP contribution in [0.2, 0.25) is 0 Å². The van der Waals surface area contributed by atoms with E-state index in [-0.39, 0.29) is 0 Å². The number of methoxy groups -OCH3 is 1. The number of nitrogens with zero attached hydrogens (tertiary/aromatic N) is 2. The number of aryl methyl sites for hydroxylation is 2. The van der Waals surface area contributed by atoms with Crippen LogP contribution in [-0.4, -0.2) is 23.9 Å². The van der Waals surface area contributed by atoms with Gasteiger partial charge in [-0.15, -0.1) is 0 Å². The summed E-state index contributed by atoms with van der Waals surface area (Å²) in [7, 11) is 3.64. The molecule has 0 aliphatic carbocycles. The van der Waals surface area contributed by atoms with Crippen molar-refractivity contribution < 1.29 is 4.74 Å². The van der Waals surface area contributed by atoms with Crippen LogP contribution in [0.5, 0.6) is 5.75 Å². The van der Waals surface area contributed by atoms with Crippen LogP contribution in [0.3, 0.4) is 0 Å². The highest BCUT2D eigenvalue weighted by molar-refractivity contribution is 5.69. The van der Waals surface area contributed by atoms with Gasteiger partial charge >= 0.3 is 0 Å². The van der Waals surface area contributed by atoms with E-state index in [4.69, 9.17) is 4.74 Å². The van der Waals surface area contributed by atoms with E-state index in [1.54, 1.807) is 7.11 Å². The van der Waals surface area contributed by atoms with Crippen molar-refractivity contribution in [3.05, 3.63) is 35.7 Å². The minimum absolute atomic E-state index is 0.809. The largest absolute Gasteiger partial charge is 0.497 e. The Morgan fingerprint density at radius 2 is 2.11 bits per heavy atom. The summed E-state index contributed by atoms with van der Waals surface area (Å²) in [5.41, 5.74) is 4.69. The van der Waals surface area contributed by atoms with Crippen LogP contribution in [0, 0.1) is 6.92 Å². The number of nitrogens with one attached hydrogen (secondary N) is 1. The van der Waals surface area contributed by atoms with E-state index in [1.165, 1.54) is 16.7 Å². The molecule has 0 aliphatic rings. The van der Waals surface area contributed by atoms with Crippen molar-refractivity contribution in [2.75, 3.05) is 14.2 Å². The Bertz CT molecular complexity index is 561. The molecule has 19 heavy (non-hydrogen) atoms. The van der Waals surface area contributed by atoms with E-state index in [0.717, 1.165) is 24.5 Å². The Morgan fingerprint density at radius 3 is 2.68 bits per heavy atom. The maximum atomic E-state index is 5.30. The van der Waals surface area contributed by atoms with Gasteiger partial charge in [-0.1, -0.05) is 6.07 Å². The lowest BCUT2D eigenvalue weighted by Gasteiger charge is -2.10. The zero-order chi connectivity index (χ0) is 13.8. The van der Waals surface area contributed by atoms with Gasteiger partial charge in [0, 0.05) is 24.8 Å². The van der Waals surface area contributed by atoms with E-state index in [9.17, 15) is 0 Å². The van der Waals surface area contributed by atoms with Gasteiger partial charge in [0.15, 0.2) is 0 Å². The lowest BCUT2D eigenvalue weighted by atomic mass is 10.00. The second-order valence-corrected chi connectivity index (χ2v) is 4.54. The Hall–Kier alpha value is -1.81. The molecule has 1 heterocycles. The molecular weight excluding hydrogens is 238 g/mol. The van der Waals surface area contributed by atoms with E-state index in [0.29, 0.717) is 0 Å². The smallest absolute Gasteiger partial charge is 0.119 e. The SMILES string of the molecule is CCn1cc(-c2ccc(OC)cc2CNC)c(C)n1. The first-order valence-electron chi connectivity index (χ1n) is 6.55. The van der Waals surface area contributed by atoms with Gasteiger partial charge in [-0.3, -0.25) is 4.68 Å². The Kier molecular flexibility index (Phi) is 4.22. The van der Waals surface area contributed by atoms with Gasteiger partial charge in [0.05, 0.1) is 12.8 Å². The van der Waals surface area contributed by atoms with Crippen LogP contribution in [-0.2, 0) is 13.1 Å². The summed E-state index contributed by atoms with van der Waals surface area (Å²) in [6.07, 6.45) is 2.11. The quantitative estimate of drug-likeness (QED) is 0.897. The highest BCUT2D eigenvalue weighted by atomic mass is 16.5. The predicted octanol–water partition coefficient (Wildman–Crippen LogP) is 2.61. The molecule has 0 amide bonds. The van der Waals surface area contributed by atoms with Gasteiger partial charge in [-0.05, 0) is 44.2 Å². The molecule has 1 N–H and O–H groups in total. The molecular formula is C15H21N3O. The Balaban J connectivity index is 2.50. The molecule has 0 atom stereocenters. The van der Waals surface area contributed by atoms with Gasteiger partial charge in [-0.2, -0.15) is 5.10 Å². The van der Waals surface area contributed by atoms with Gasteiger partial charge in [0.1, 0.15) is 5.75 Å². The molecule has 0 bridgehead atoms. The average Bonchev–Trinajstić information content (AvgIpc) is 2.80. The van der Waals surface area contributed by atoms with Crippen molar-refractivity contribution in [3.63, 3.8) is 0 Å². The number of benzene rings is 1. The highest BCUT2D eigenvalue weighted by Crippen LogP contribution is 2.29. The van der Waals surface area contributed by atoms with Crippen molar-refractivity contribution >= 4 is 0 Å². The first kappa shape index (κ1) is 13.6. The highest BCUT2D eigenvalue weighted by Gasteiger charge is 2.11. The number of ether oxygens (including phenoxy) is 1. The molecule has 0 fully saturated rings. The fourth-order valence-electron chi connectivity index (χ4n) is 2.24. The summed E-state index contributed by atoms with van der Waals surface area (Å²) in [5, 5.41) is 7.72. The topological polar surface area (TPSA) is 39.1 Å². The fraction of sp³-hybridized carbons (Fsp3) is 0.400. The van der Waals surface area contributed by atoms with E-state index < -0.39 is 0 Å². The monoisotopic (exact) mass is 259 g/mol. The zero-order valence-corrected chi connectivity index (χ0v) is 12.0. The van der Waals surface area contributed by atoms with E-state index >= 15 is 0 Å². The molecule has 102 valence electrons. The van der Waals surface area contributed by atoms with Crippen LogP contribution >= 0.6 is 0 Å². The van der Waals surface area contributed by atoms with Crippen molar-refractivity contribution in [2.24, 2.45) is 0 Å². The molecule has 1 aromatic carbocycles. The molecule has 0 spiro atoms. The first-order valence-corrected chi connectivity index (χ1v) is 6.55. The Labute approximate surface area is 114 Å².